The monoisotopic (exact) mass is 300 g/mol. The quantitative estimate of drug-likeness (QED) is 0.823. The van der Waals surface area contributed by atoms with Crippen molar-refractivity contribution in [2.45, 2.75) is 12.4 Å². The molecular formula is C11H13ClF4N2O. The molecule has 1 aromatic rings. The van der Waals surface area contributed by atoms with E-state index in [9.17, 15) is 17.6 Å². The van der Waals surface area contributed by atoms with Crippen molar-refractivity contribution in [3.8, 4) is 5.75 Å². The predicted molar refractivity (Wildman–Crippen MR) is 63.9 cm³/mol. The van der Waals surface area contributed by atoms with Gasteiger partial charge in [0.05, 0.1) is 0 Å². The van der Waals surface area contributed by atoms with Gasteiger partial charge >= 0.3 is 6.36 Å². The third-order valence-electron chi connectivity index (χ3n) is 2.62. The first-order chi connectivity index (χ1) is 8.46. The fraction of sp³-hybridized carbons (Fsp3) is 0.455. The van der Waals surface area contributed by atoms with E-state index in [1.807, 2.05) is 0 Å². The Kier molecular flexibility index (Phi) is 5.39. The zero-order valence-electron chi connectivity index (χ0n) is 9.76. The van der Waals surface area contributed by atoms with Gasteiger partial charge in [0.25, 0.3) is 0 Å². The first-order valence-electron chi connectivity index (χ1n) is 5.45. The van der Waals surface area contributed by atoms with Crippen LogP contribution in [0.25, 0.3) is 0 Å². The van der Waals surface area contributed by atoms with Gasteiger partial charge < -0.3 is 15.4 Å². The molecule has 1 aromatic carbocycles. The van der Waals surface area contributed by atoms with Crippen LogP contribution in [0.2, 0.25) is 0 Å². The molecule has 1 aliphatic heterocycles. The summed E-state index contributed by atoms with van der Waals surface area (Å²) in [6.45, 7) is 2.15. The Morgan fingerprint density at radius 2 is 1.95 bits per heavy atom. The zero-order valence-corrected chi connectivity index (χ0v) is 10.6. The van der Waals surface area contributed by atoms with Crippen molar-refractivity contribution in [1.82, 2.24) is 10.6 Å². The summed E-state index contributed by atoms with van der Waals surface area (Å²) in [5, 5.41) is 6.25. The molecule has 2 rings (SSSR count). The van der Waals surface area contributed by atoms with E-state index in [1.165, 1.54) is 6.07 Å². The van der Waals surface area contributed by atoms with Crippen molar-refractivity contribution in [2.75, 3.05) is 19.6 Å². The van der Waals surface area contributed by atoms with Crippen LogP contribution in [0.1, 0.15) is 11.6 Å². The Morgan fingerprint density at radius 1 is 1.21 bits per heavy atom. The lowest BCUT2D eigenvalue weighted by atomic mass is 10.1. The highest BCUT2D eigenvalue weighted by molar-refractivity contribution is 5.85. The fourth-order valence-corrected chi connectivity index (χ4v) is 1.83. The minimum Gasteiger partial charge on any atom is -0.403 e. The summed E-state index contributed by atoms with van der Waals surface area (Å²) in [5.74, 6) is -1.83. The van der Waals surface area contributed by atoms with Crippen LogP contribution >= 0.6 is 12.4 Å². The summed E-state index contributed by atoms with van der Waals surface area (Å²) in [4.78, 5) is 0. The molecule has 0 saturated carbocycles. The van der Waals surface area contributed by atoms with Crippen molar-refractivity contribution >= 4 is 12.4 Å². The van der Waals surface area contributed by atoms with Crippen LogP contribution in [0.5, 0.6) is 5.75 Å². The summed E-state index contributed by atoms with van der Waals surface area (Å²) in [7, 11) is 0. The van der Waals surface area contributed by atoms with Gasteiger partial charge in [-0.05, 0) is 17.7 Å². The highest BCUT2D eigenvalue weighted by atomic mass is 35.5. The molecule has 0 amide bonds. The van der Waals surface area contributed by atoms with E-state index in [2.05, 4.69) is 15.4 Å². The maximum Gasteiger partial charge on any atom is 0.573 e. The van der Waals surface area contributed by atoms with Gasteiger partial charge in [-0.15, -0.1) is 25.6 Å². The van der Waals surface area contributed by atoms with Gasteiger partial charge in [-0.2, -0.15) is 0 Å². The molecule has 0 unspecified atom stereocenters. The molecule has 0 radical (unpaired) electrons. The maximum absolute atomic E-state index is 13.5. The smallest absolute Gasteiger partial charge is 0.403 e. The van der Waals surface area contributed by atoms with Gasteiger partial charge in [0.15, 0.2) is 11.6 Å². The van der Waals surface area contributed by atoms with Gasteiger partial charge in [-0.3, -0.25) is 0 Å². The van der Waals surface area contributed by atoms with E-state index < -0.39 is 17.9 Å². The van der Waals surface area contributed by atoms with E-state index in [0.717, 1.165) is 25.2 Å². The van der Waals surface area contributed by atoms with Crippen LogP contribution in [0.3, 0.4) is 0 Å². The lowest BCUT2D eigenvalue weighted by Crippen LogP contribution is -2.42. The molecule has 0 bridgehead atoms. The lowest BCUT2D eigenvalue weighted by molar-refractivity contribution is -0.275. The Labute approximate surface area is 113 Å². The number of ether oxygens (including phenoxy) is 1. The molecule has 19 heavy (non-hydrogen) atoms. The highest BCUT2D eigenvalue weighted by Crippen LogP contribution is 2.27. The molecule has 1 saturated heterocycles. The normalized spacial score (nSPS) is 19.7. The van der Waals surface area contributed by atoms with E-state index in [1.54, 1.807) is 0 Å². The average molecular weight is 301 g/mol. The summed E-state index contributed by atoms with van der Waals surface area (Å²) in [6, 6.07) is 3.38. The molecule has 1 fully saturated rings. The molecule has 0 aromatic heterocycles. The Balaban J connectivity index is 0.00000180. The van der Waals surface area contributed by atoms with Gasteiger partial charge in [-0.25, -0.2) is 4.39 Å². The number of piperazine rings is 1. The van der Waals surface area contributed by atoms with E-state index >= 15 is 0 Å². The van der Waals surface area contributed by atoms with Crippen LogP contribution in [-0.4, -0.2) is 26.0 Å². The molecule has 1 aliphatic rings. The zero-order chi connectivity index (χ0) is 13.2. The molecular weight excluding hydrogens is 288 g/mol. The number of benzene rings is 1. The second kappa shape index (κ2) is 6.40. The lowest BCUT2D eigenvalue weighted by Gasteiger charge is -2.25. The van der Waals surface area contributed by atoms with Crippen LogP contribution in [0, 0.1) is 5.82 Å². The third-order valence-corrected chi connectivity index (χ3v) is 2.62. The number of alkyl halides is 3. The number of halogens is 5. The van der Waals surface area contributed by atoms with Crippen molar-refractivity contribution < 1.29 is 22.3 Å². The third kappa shape index (κ3) is 4.52. The van der Waals surface area contributed by atoms with Crippen molar-refractivity contribution in [3.05, 3.63) is 29.6 Å². The minimum absolute atomic E-state index is 0. The molecule has 2 N–H and O–H groups in total. The van der Waals surface area contributed by atoms with E-state index in [4.69, 9.17) is 0 Å². The highest BCUT2D eigenvalue weighted by Gasteiger charge is 2.32. The topological polar surface area (TPSA) is 33.3 Å². The van der Waals surface area contributed by atoms with Crippen LogP contribution in [0.15, 0.2) is 18.2 Å². The van der Waals surface area contributed by atoms with Gasteiger partial charge in [-0.1, -0.05) is 6.07 Å². The molecule has 0 spiro atoms. The second-order valence-corrected chi connectivity index (χ2v) is 3.95. The Morgan fingerprint density at radius 3 is 2.47 bits per heavy atom. The summed E-state index contributed by atoms with van der Waals surface area (Å²) in [5.41, 5.74) is 0.592. The van der Waals surface area contributed by atoms with Crippen LogP contribution in [0.4, 0.5) is 17.6 Å². The Hall–Kier alpha value is -1.05. The summed E-state index contributed by atoms with van der Waals surface area (Å²) >= 11 is 0. The van der Waals surface area contributed by atoms with Crippen LogP contribution in [-0.2, 0) is 0 Å². The number of hydrogen-bond acceptors (Lipinski definition) is 3. The van der Waals surface area contributed by atoms with Crippen molar-refractivity contribution in [2.24, 2.45) is 0 Å². The Bertz CT molecular complexity index is 422. The van der Waals surface area contributed by atoms with Crippen molar-refractivity contribution in [3.63, 3.8) is 0 Å². The van der Waals surface area contributed by atoms with E-state index in [-0.39, 0.29) is 18.4 Å². The maximum atomic E-state index is 13.5. The second-order valence-electron chi connectivity index (χ2n) is 3.95. The molecule has 1 heterocycles. The first kappa shape index (κ1) is 16.0. The number of nitrogens with one attached hydrogen (secondary N) is 2. The molecule has 0 aliphatic carbocycles. The molecule has 3 nitrogen and oxygen atoms in total. The SMILES string of the molecule is Cl.Fc1cc([C@H]2CNCCN2)ccc1OC(F)(F)F. The van der Waals surface area contributed by atoms with E-state index in [0.29, 0.717) is 12.1 Å². The van der Waals surface area contributed by atoms with Gasteiger partial charge in [0, 0.05) is 25.7 Å². The minimum atomic E-state index is -4.88. The summed E-state index contributed by atoms with van der Waals surface area (Å²) in [6.07, 6.45) is -4.88. The van der Waals surface area contributed by atoms with Gasteiger partial charge in [0.1, 0.15) is 0 Å². The number of rotatable bonds is 2. The summed E-state index contributed by atoms with van der Waals surface area (Å²) < 4.78 is 52.9. The predicted octanol–water partition coefficient (Wildman–Crippen LogP) is 2.38. The molecule has 1 atom stereocenters. The number of hydrogen-bond donors (Lipinski definition) is 2. The largest absolute Gasteiger partial charge is 0.573 e. The average Bonchev–Trinajstić information content (AvgIpc) is 2.31. The fourth-order valence-electron chi connectivity index (χ4n) is 1.83. The van der Waals surface area contributed by atoms with Gasteiger partial charge in [0.2, 0.25) is 0 Å². The first-order valence-corrected chi connectivity index (χ1v) is 5.45. The molecule has 108 valence electrons. The standard InChI is InChI=1S/C11H12F4N2O.ClH/c12-8-5-7(9-6-16-3-4-17-9)1-2-10(8)18-11(13,14)15;/h1-2,5,9,16-17H,3-4,6H2;1H/t9-;/m1./s1. The van der Waals surface area contributed by atoms with Crippen LogP contribution < -0.4 is 15.4 Å². The van der Waals surface area contributed by atoms with Crippen molar-refractivity contribution in [1.29, 1.82) is 0 Å². The molecule has 8 heteroatoms.